The molecule has 0 amide bonds. The number of anilines is 1. The summed E-state index contributed by atoms with van der Waals surface area (Å²) >= 11 is 0. The second-order valence-electron chi connectivity index (χ2n) is 8.57. The van der Waals surface area contributed by atoms with Crippen LogP contribution >= 0.6 is 0 Å². The van der Waals surface area contributed by atoms with Crippen molar-refractivity contribution < 1.29 is 14.3 Å². The molecule has 1 fully saturated rings. The van der Waals surface area contributed by atoms with Gasteiger partial charge in [-0.25, -0.2) is 4.39 Å². The van der Waals surface area contributed by atoms with Gasteiger partial charge in [0.25, 0.3) is 0 Å². The molecule has 0 unspecified atom stereocenters. The molecule has 3 aromatic carbocycles. The SMILES string of the molecule is O=C(/C=C/c1c[nH]c2ccccc12)c1ccc(O)c(CN2CCN(c3ccc(F)cc3)CC2)c1. The van der Waals surface area contributed by atoms with Crippen molar-refractivity contribution in [2.24, 2.45) is 0 Å². The quantitative estimate of drug-likeness (QED) is 0.309. The first-order valence-electron chi connectivity index (χ1n) is 11.4. The number of fused-ring (bicyclic) bond motifs is 1. The summed E-state index contributed by atoms with van der Waals surface area (Å²) < 4.78 is 13.2. The van der Waals surface area contributed by atoms with Gasteiger partial charge >= 0.3 is 0 Å². The Morgan fingerprint density at radius 3 is 2.56 bits per heavy atom. The molecule has 0 saturated carbocycles. The first-order valence-corrected chi connectivity index (χ1v) is 11.4. The molecule has 2 heterocycles. The van der Waals surface area contributed by atoms with Gasteiger partial charge in [0.15, 0.2) is 5.78 Å². The minimum atomic E-state index is -0.233. The number of carbonyl (C=O) groups excluding carboxylic acids is 1. The van der Waals surface area contributed by atoms with E-state index in [0.717, 1.165) is 53.9 Å². The summed E-state index contributed by atoms with van der Waals surface area (Å²) in [5.41, 5.74) is 4.29. The second-order valence-corrected chi connectivity index (χ2v) is 8.57. The van der Waals surface area contributed by atoms with Crippen LogP contribution in [-0.4, -0.2) is 47.0 Å². The largest absolute Gasteiger partial charge is 0.508 e. The Balaban J connectivity index is 1.24. The highest BCUT2D eigenvalue weighted by molar-refractivity contribution is 6.08. The topological polar surface area (TPSA) is 59.6 Å². The van der Waals surface area contributed by atoms with Gasteiger partial charge < -0.3 is 15.0 Å². The van der Waals surface area contributed by atoms with E-state index in [2.05, 4.69) is 14.8 Å². The summed E-state index contributed by atoms with van der Waals surface area (Å²) in [6, 6.07) is 19.6. The fourth-order valence-electron chi connectivity index (χ4n) is 4.42. The van der Waals surface area contributed by atoms with Crippen LogP contribution in [0.5, 0.6) is 5.75 Å². The van der Waals surface area contributed by atoms with E-state index in [-0.39, 0.29) is 17.3 Å². The zero-order valence-corrected chi connectivity index (χ0v) is 18.7. The number of para-hydroxylation sites is 1. The molecular weight excluding hydrogens is 429 g/mol. The van der Waals surface area contributed by atoms with E-state index in [4.69, 9.17) is 0 Å². The number of phenols is 1. The average Bonchev–Trinajstić information content (AvgIpc) is 3.28. The van der Waals surface area contributed by atoms with Gasteiger partial charge in [-0.05, 0) is 66.2 Å². The highest BCUT2D eigenvalue weighted by Gasteiger charge is 2.19. The van der Waals surface area contributed by atoms with Crippen LogP contribution in [0.25, 0.3) is 17.0 Å². The number of aromatic nitrogens is 1. The molecule has 0 aliphatic carbocycles. The van der Waals surface area contributed by atoms with E-state index in [1.165, 1.54) is 12.1 Å². The number of piperazine rings is 1. The van der Waals surface area contributed by atoms with Crippen molar-refractivity contribution in [3.05, 3.63) is 102 Å². The number of benzene rings is 3. The highest BCUT2D eigenvalue weighted by atomic mass is 19.1. The van der Waals surface area contributed by atoms with Crippen molar-refractivity contribution >= 4 is 28.4 Å². The molecular formula is C28H26FN3O2. The normalized spacial score (nSPS) is 14.8. The van der Waals surface area contributed by atoms with Gasteiger partial charge in [-0.2, -0.15) is 0 Å². The predicted molar refractivity (Wildman–Crippen MR) is 134 cm³/mol. The first-order chi connectivity index (χ1) is 16.6. The van der Waals surface area contributed by atoms with Crippen LogP contribution in [0.2, 0.25) is 0 Å². The first kappa shape index (κ1) is 21.9. The van der Waals surface area contributed by atoms with Crippen molar-refractivity contribution in [1.29, 1.82) is 0 Å². The van der Waals surface area contributed by atoms with E-state index >= 15 is 0 Å². The summed E-state index contributed by atoms with van der Waals surface area (Å²) in [5, 5.41) is 11.5. The molecule has 0 atom stereocenters. The van der Waals surface area contributed by atoms with Gasteiger partial charge in [0, 0.05) is 66.6 Å². The molecule has 1 aliphatic heterocycles. The molecule has 5 nitrogen and oxygen atoms in total. The number of allylic oxidation sites excluding steroid dienone is 1. The van der Waals surface area contributed by atoms with Crippen molar-refractivity contribution in [2.75, 3.05) is 31.1 Å². The van der Waals surface area contributed by atoms with Crippen LogP contribution in [-0.2, 0) is 6.54 Å². The van der Waals surface area contributed by atoms with Gasteiger partial charge in [0.1, 0.15) is 11.6 Å². The smallest absolute Gasteiger partial charge is 0.185 e. The van der Waals surface area contributed by atoms with Crippen molar-refractivity contribution in [2.45, 2.75) is 6.54 Å². The van der Waals surface area contributed by atoms with Crippen molar-refractivity contribution in [1.82, 2.24) is 9.88 Å². The number of carbonyl (C=O) groups is 1. The Kier molecular flexibility index (Phi) is 6.14. The van der Waals surface area contributed by atoms with Crippen LogP contribution in [0.15, 0.2) is 79.0 Å². The maximum atomic E-state index is 13.2. The highest BCUT2D eigenvalue weighted by Crippen LogP contribution is 2.24. The van der Waals surface area contributed by atoms with Crippen molar-refractivity contribution in [3.63, 3.8) is 0 Å². The number of halogens is 1. The lowest BCUT2D eigenvalue weighted by Crippen LogP contribution is -2.46. The van der Waals surface area contributed by atoms with Gasteiger partial charge in [-0.3, -0.25) is 9.69 Å². The lowest BCUT2D eigenvalue weighted by Gasteiger charge is -2.36. The molecule has 1 aliphatic rings. The number of hydrogen-bond acceptors (Lipinski definition) is 4. The zero-order chi connectivity index (χ0) is 23.5. The number of phenolic OH excluding ortho intramolecular Hbond substituents is 1. The molecule has 0 spiro atoms. The third-order valence-electron chi connectivity index (χ3n) is 6.36. The van der Waals surface area contributed by atoms with Gasteiger partial charge in [0.05, 0.1) is 0 Å². The van der Waals surface area contributed by atoms with E-state index in [1.54, 1.807) is 36.4 Å². The van der Waals surface area contributed by atoms with Crippen LogP contribution < -0.4 is 4.90 Å². The average molecular weight is 456 g/mol. The Morgan fingerprint density at radius 1 is 1.00 bits per heavy atom. The summed E-state index contributed by atoms with van der Waals surface area (Å²) in [5.74, 6) is -0.144. The Labute approximate surface area is 197 Å². The fraction of sp³-hybridized carbons (Fsp3) is 0.179. The lowest BCUT2D eigenvalue weighted by atomic mass is 10.0. The number of ketones is 1. The third kappa shape index (κ3) is 4.72. The number of nitrogens with one attached hydrogen (secondary N) is 1. The molecule has 0 bridgehead atoms. The molecule has 1 aromatic heterocycles. The lowest BCUT2D eigenvalue weighted by molar-refractivity contribution is 0.104. The molecule has 172 valence electrons. The van der Waals surface area contributed by atoms with Gasteiger partial charge in [0.2, 0.25) is 0 Å². The third-order valence-corrected chi connectivity index (χ3v) is 6.36. The molecule has 0 radical (unpaired) electrons. The van der Waals surface area contributed by atoms with Crippen LogP contribution in [0.1, 0.15) is 21.5 Å². The fourth-order valence-corrected chi connectivity index (χ4v) is 4.42. The van der Waals surface area contributed by atoms with Crippen LogP contribution in [0, 0.1) is 5.82 Å². The Bertz CT molecular complexity index is 1340. The molecule has 2 N–H and O–H groups in total. The monoisotopic (exact) mass is 455 g/mol. The van der Waals surface area contributed by atoms with Crippen LogP contribution in [0.4, 0.5) is 10.1 Å². The summed E-state index contributed by atoms with van der Waals surface area (Å²) in [7, 11) is 0. The van der Waals surface area contributed by atoms with Gasteiger partial charge in [-0.1, -0.05) is 18.2 Å². The number of aromatic amines is 1. The van der Waals surface area contributed by atoms with Crippen molar-refractivity contribution in [3.8, 4) is 5.75 Å². The molecule has 4 aromatic rings. The molecule has 1 saturated heterocycles. The number of nitrogens with zero attached hydrogens (tertiary/aromatic N) is 2. The van der Waals surface area contributed by atoms with Gasteiger partial charge in [-0.15, -0.1) is 0 Å². The van der Waals surface area contributed by atoms with Crippen LogP contribution in [0.3, 0.4) is 0 Å². The predicted octanol–water partition coefficient (Wildman–Crippen LogP) is 5.23. The minimum absolute atomic E-state index is 0.104. The second kappa shape index (κ2) is 9.53. The van der Waals surface area contributed by atoms with E-state index in [0.29, 0.717) is 12.1 Å². The summed E-state index contributed by atoms with van der Waals surface area (Å²) in [4.78, 5) is 20.5. The Hall–Kier alpha value is -3.90. The Morgan fingerprint density at radius 2 is 1.76 bits per heavy atom. The zero-order valence-electron chi connectivity index (χ0n) is 18.7. The summed E-state index contributed by atoms with van der Waals surface area (Å²) in [6.45, 7) is 3.83. The molecule has 5 rings (SSSR count). The molecule has 34 heavy (non-hydrogen) atoms. The maximum absolute atomic E-state index is 13.2. The number of H-pyrrole nitrogens is 1. The number of hydrogen-bond donors (Lipinski definition) is 2. The number of aromatic hydroxyl groups is 1. The standard InChI is InChI=1S/C28H26FN3O2/c29-23-7-9-24(10-8-23)32-15-13-31(14-16-32)19-22-17-20(5-11-28(22)34)27(33)12-6-21-18-30-26-4-2-1-3-25(21)26/h1-12,17-18,30,34H,13-16,19H2/b12-6+. The summed E-state index contributed by atoms with van der Waals surface area (Å²) in [6.07, 6.45) is 5.29. The van der Waals surface area contributed by atoms with E-state index < -0.39 is 0 Å². The number of rotatable bonds is 6. The van der Waals surface area contributed by atoms with E-state index in [9.17, 15) is 14.3 Å². The molecule has 6 heteroatoms. The maximum Gasteiger partial charge on any atom is 0.185 e. The van der Waals surface area contributed by atoms with E-state index in [1.807, 2.05) is 36.5 Å². The minimum Gasteiger partial charge on any atom is -0.508 e.